The Hall–Kier alpha value is -0.940. The van der Waals surface area contributed by atoms with Gasteiger partial charge in [0.05, 0.1) is 6.61 Å². The van der Waals surface area contributed by atoms with Crippen LogP contribution in [0, 0.1) is 41.4 Å². The number of hydrogen-bond donors (Lipinski definition) is 0. The minimum atomic E-state index is 0.506. The Morgan fingerprint density at radius 2 is 1.32 bits per heavy atom. The summed E-state index contributed by atoms with van der Waals surface area (Å²) in [6.07, 6.45) is 25.4. The first kappa shape index (κ1) is 38.8. The van der Waals surface area contributed by atoms with Crippen molar-refractivity contribution in [2.24, 2.45) is 34.5 Å². The van der Waals surface area contributed by atoms with E-state index in [9.17, 15) is 0 Å². The fourth-order valence-corrected chi connectivity index (χ4v) is 13.1. The first-order valence-corrected chi connectivity index (χ1v) is 22.2. The van der Waals surface area contributed by atoms with Gasteiger partial charge in [-0.05, 0) is 156 Å². The maximum Gasteiger partial charge on any atom is 0.0593 e. The van der Waals surface area contributed by atoms with E-state index in [-0.39, 0.29) is 0 Å². The normalized spacial score (nSPS) is 37.3. The second kappa shape index (κ2) is 17.9. The van der Waals surface area contributed by atoms with Crippen molar-refractivity contribution < 1.29 is 4.74 Å². The molecule has 0 radical (unpaired) electrons. The van der Waals surface area contributed by atoms with E-state index in [0.29, 0.717) is 16.2 Å². The molecule has 284 valence electrons. The summed E-state index contributed by atoms with van der Waals surface area (Å²) in [6.45, 7) is 24.2. The van der Waals surface area contributed by atoms with Crippen LogP contribution in [0.2, 0.25) is 0 Å². The standard InChI is InChI=1S/C24H35N.C20H38N2O.C2H6/c1-19-5-7-22(8-6-19)24-15-20-9-10-23(17-24,14-21(13-20)16-24)18-25-11-3-2-4-12-25;1-3-18-14-19-6-5-7-20(15-18,16-19)17-22-10-8-21(9-11-22)12-13-23-4-2;1-2/h5-8,20-21H,2-4,9-18H2,1H3;18-19H,3-17H2,1-2H3;1-2H3. The maximum atomic E-state index is 5.51. The van der Waals surface area contributed by atoms with Crippen molar-refractivity contribution in [3.63, 3.8) is 0 Å². The van der Waals surface area contributed by atoms with Gasteiger partial charge in [0, 0.05) is 52.4 Å². The number of hydrogen-bond acceptors (Lipinski definition) is 4. The van der Waals surface area contributed by atoms with Crippen molar-refractivity contribution in [1.82, 2.24) is 14.7 Å². The Balaban J connectivity index is 0.000000166. The summed E-state index contributed by atoms with van der Waals surface area (Å²) >= 11 is 0. The van der Waals surface area contributed by atoms with Crippen LogP contribution in [0.25, 0.3) is 0 Å². The first-order chi connectivity index (χ1) is 24.4. The summed E-state index contributed by atoms with van der Waals surface area (Å²) in [7, 11) is 0. The molecule has 1 aromatic carbocycles. The Bertz CT molecular complexity index is 1140. The van der Waals surface area contributed by atoms with E-state index in [0.717, 1.165) is 43.4 Å². The molecule has 8 aliphatic rings. The lowest BCUT2D eigenvalue weighted by atomic mass is 9.52. The number of rotatable bonds is 10. The van der Waals surface area contributed by atoms with E-state index in [1.807, 2.05) is 13.8 Å². The predicted molar refractivity (Wildman–Crippen MR) is 213 cm³/mol. The van der Waals surface area contributed by atoms with E-state index in [4.69, 9.17) is 4.74 Å². The molecule has 8 fully saturated rings. The van der Waals surface area contributed by atoms with Gasteiger partial charge in [0.1, 0.15) is 0 Å². The molecule has 7 unspecified atom stereocenters. The molecule has 2 aliphatic heterocycles. The van der Waals surface area contributed by atoms with Gasteiger partial charge in [0.2, 0.25) is 0 Å². The molecule has 6 saturated carbocycles. The van der Waals surface area contributed by atoms with E-state index < -0.39 is 0 Å². The van der Waals surface area contributed by atoms with Gasteiger partial charge < -0.3 is 14.5 Å². The zero-order valence-corrected chi connectivity index (χ0v) is 33.7. The summed E-state index contributed by atoms with van der Waals surface area (Å²) in [5, 5.41) is 0. The quantitative estimate of drug-likeness (QED) is 0.228. The maximum absolute atomic E-state index is 5.51. The number of piperazine rings is 1. The van der Waals surface area contributed by atoms with Gasteiger partial charge in [-0.3, -0.25) is 4.90 Å². The van der Waals surface area contributed by atoms with Gasteiger partial charge in [-0.25, -0.2) is 0 Å². The molecular formula is C46H79N3O. The number of likely N-dealkylation sites (tertiary alicyclic amines) is 1. The molecule has 0 spiro atoms. The number of fused-ring (bicyclic) bond motifs is 3. The van der Waals surface area contributed by atoms with Gasteiger partial charge in [-0.1, -0.05) is 76.3 Å². The first-order valence-electron chi connectivity index (χ1n) is 22.2. The SMILES string of the molecule is CC.CCOCCN1CCN(CC23CCCC(CC(CC)C2)C3)CC1.Cc1ccc(C23CC4CCC(CN5CCCCC5)(CC(C4)C2)C3)cc1. The third kappa shape index (κ3) is 9.58. The van der Waals surface area contributed by atoms with Crippen LogP contribution in [0.3, 0.4) is 0 Å². The van der Waals surface area contributed by atoms with Crippen LogP contribution in [-0.2, 0) is 10.2 Å². The van der Waals surface area contributed by atoms with Crippen LogP contribution < -0.4 is 0 Å². The fraction of sp³-hybridized carbons (Fsp3) is 0.870. The molecule has 6 bridgehead atoms. The summed E-state index contributed by atoms with van der Waals surface area (Å²) in [6, 6.07) is 9.69. The molecule has 0 N–H and O–H groups in total. The van der Waals surface area contributed by atoms with E-state index in [2.05, 4.69) is 59.7 Å². The average molecular weight is 690 g/mol. The largest absolute Gasteiger partial charge is 0.380 e. The molecule has 0 amide bonds. The number of nitrogens with zero attached hydrogens (tertiary/aromatic N) is 3. The van der Waals surface area contributed by atoms with Crippen LogP contribution >= 0.6 is 0 Å². The number of ether oxygens (including phenoxy) is 1. The second-order valence-electron chi connectivity index (χ2n) is 18.8. The Kier molecular flexibility index (Phi) is 13.9. The van der Waals surface area contributed by atoms with E-state index >= 15 is 0 Å². The number of benzene rings is 1. The fourth-order valence-electron chi connectivity index (χ4n) is 13.1. The van der Waals surface area contributed by atoms with Crippen molar-refractivity contribution >= 4 is 0 Å². The smallest absolute Gasteiger partial charge is 0.0593 e. The summed E-state index contributed by atoms with van der Waals surface area (Å²) in [5.74, 6) is 4.07. The lowest BCUT2D eigenvalue weighted by molar-refractivity contribution is -0.00796. The topological polar surface area (TPSA) is 19.0 Å². The zero-order chi connectivity index (χ0) is 35.0. The van der Waals surface area contributed by atoms with Gasteiger partial charge in [-0.2, -0.15) is 0 Å². The van der Waals surface area contributed by atoms with Gasteiger partial charge in [-0.15, -0.1) is 0 Å². The minimum absolute atomic E-state index is 0.506. The lowest BCUT2D eigenvalue weighted by Gasteiger charge is -2.54. The Morgan fingerprint density at radius 1 is 0.660 bits per heavy atom. The van der Waals surface area contributed by atoms with Crippen molar-refractivity contribution in [2.45, 2.75) is 149 Å². The van der Waals surface area contributed by atoms with E-state index in [1.165, 1.54) is 167 Å². The van der Waals surface area contributed by atoms with Crippen molar-refractivity contribution in [3.05, 3.63) is 35.4 Å². The molecule has 7 atom stereocenters. The molecule has 9 rings (SSSR count). The molecule has 6 aliphatic carbocycles. The monoisotopic (exact) mass is 690 g/mol. The highest BCUT2D eigenvalue weighted by Crippen LogP contribution is 2.63. The highest BCUT2D eigenvalue weighted by atomic mass is 16.5. The molecular weight excluding hydrogens is 611 g/mol. The van der Waals surface area contributed by atoms with Crippen LogP contribution in [-0.4, -0.2) is 86.8 Å². The summed E-state index contributed by atoms with van der Waals surface area (Å²) in [5.41, 5.74) is 4.89. The van der Waals surface area contributed by atoms with Gasteiger partial charge in [0.15, 0.2) is 0 Å². The van der Waals surface area contributed by atoms with Crippen LogP contribution in [0.15, 0.2) is 24.3 Å². The minimum Gasteiger partial charge on any atom is -0.380 e. The third-order valence-corrected chi connectivity index (χ3v) is 15.0. The van der Waals surface area contributed by atoms with Crippen molar-refractivity contribution in [1.29, 1.82) is 0 Å². The summed E-state index contributed by atoms with van der Waals surface area (Å²) < 4.78 is 5.51. The second-order valence-corrected chi connectivity index (χ2v) is 18.8. The molecule has 2 heterocycles. The molecule has 1 aromatic rings. The van der Waals surface area contributed by atoms with Crippen LogP contribution in [0.5, 0.6) is 0 Å². The van der Waals surface area contributed by atoms with E-state index in [1.54, 1.807) is 5.56 Å². The average Bonchev–Trinajstić information content (AvgIpc) is 3.32. The van der Waals surface area contributed by atoms with Crippen molar-refractivity contribution in [3.8, 4) is 0 Å². The van der Waals surface area contributed by atoms with Gasteiger partial charge in [0.25, 0.3) is 0 Å². The van der Waals surface area contributed by atoms with Crippen LogP contribution in [0.1, 0.15) is 148 Å². The predicted octanol–water partition coefficient (Wildman–Crippen LogP) is 10.4. The van der Waals surface area contributed by atoms with Gasteiger partial charge >= 0.3 is 0 Å². The molecule has 4 heteroatoms. The van der Waals surface area contributed by atoms with Crippen LogP contribution in [0.4, 0.5) is 0 Å². The number of aryl methyl sites for hydroxylation is 1. The Morgan fingerprint density at radius 3 is 2.06 bits per heavy atom. The third-order valence-electron chi connectivity index (χ3n) is 15.0. The molecule has 0 aromatic heterocycles. The molecule has 2 saturated heterocycles. The molecule has 50 heavy (non-hydrogen) atoms. The molecule has 4 nitrogen and oxygen atoms in total. The summed E-state index contributed by atoms with van der Waals surface area (Å²) in [4.78, 5) is 8.22. The highest BCUT2D eigenvalue weighted by Gasteiger charge is 2.55. The lowest BCUT2D eigenvalue weighted by Crippen LogP contribution is -2.52. The number of piperidine rings is 1. The van der Waals surface area contributed by atoms with Crippen molar-refractivity contribution in [2.75, 3.05) is 72.1 Å². The highest BCUT2D eigenvalue weighted by molar-refractivity contribution is 5.32. The Labute approximate surface area is 309 Å². The zero-order valence-electron chi connectivity index (χ0n) is 33.7.